The maximum absolute atomic E-state index is 13.2. The van der Waals surface area contributed by atoms with E-state index >= 15 is 0 Å². The quantitative estimate of drug-likeness (QED) is 0.288. The van der Waals surface area contributed by atoms with Crippen LogP contribution >= 0.6 is 0 Å². The molecule has 0 saturated carbocycles. The van der Waals surface area contributed by atoms with Gasteiger partial charge in [-0.05, 0) is 37.1 Å². The zero-order valence-electron chi connectivity index (χ0n) is 20.1. The van der Waals surface area contributed by atoms with Crippen molar-refractivity contribution in [2.75, 3.05) is 11.5 Å². The van der Waals surface area contributed by atoms with E-state index in [1.807, 2.05) is 26.0 Å². The van der Waals surface area contributed by atoms with E-state index in [4.69, 9.17) is 0 Å². The highest BCUT2D eigenvalue weighted by atomic mass is 32.2. The number of nitrogens with zero attached hydrogens (tertiary/aromatic N) is 6. The van der Waals surface area contributed by atoms with Crippen molar-refractivity contribution in [2.45, 2.75) is 49.8 Å². The van der Waals surface area contributed by atoms with Crippen molar-refractivity contribution < 1.29 is 16.8 Å². The molecule has 0 saturated heterocycles. The molecule has 2 aromatic heterocycles. The van der Waals surface area contributed by atoms with Crippen LogP contribution in [0.4, 0.5) is 0 Å². The minimum absolute atomic E-state index is 0.0737. The molecule has 10 nitrogen and oxygen atoms in total. The predicted octanol–water partition coefficient (Wildman–Crippen LogP) is 3.66. The predicted molar refractivity (Wildman–Crippen MR) is 136 cm³/mol. The van der Waals surface area contributed by atoms with Crippen molar-refractivity contribution in [3.63, 3.8) is 0 Å². The molecule has 2 heterocycles. The summed E-state index contributed by atoms with van der Waals surface area (Å²) in [5.41, 5.74) is 1.01. The Kier molecular flexibility index (Phi) is 7.65. The average molecular weight is 529 g/mol. The highest BCUT2D eigenvalue weighted by molar-refractivity contribution is 7.91. The minimum atomic E-state index is -3.79. The summed E-state index contributed by atoms with van der Waals surface area (Å²) >= 11 is 0. The van der Waals surface area contributed by atoms with Gasteiger partial charge in [0.1, 0.15) is 0 Å². The highest BCUT2D eigenvalue weighted by Gasteiger charge is 2.32. The number of para-hydroxylation sites is 2. The molecule has 0 aliphatic carbocycles. The molecule has 36 heavy (non-hydrogen) atoms. The Morgan fingerprint density at radius 2 is 0.944 bits per heavy atom. The van der Waals surface area contributed by atoms with Crippen LogP contribution in [0.15, 0.2) is 71.0 Å². The summed E-state index contributed by atoms with van der Waals surface area (Å²) in [6.45, 7) is 3.82. The third-order valence-corrected chi connectivity index (χ3v) is 8.88. The van der Waals surface area contributed by atoms with Crippen LogP contribution in [0, 0.1) is 0 Å². The number of aromatic nitrogens is 6. The number of rotatable bonds is 11. The van der Waals surface area contributed by atoms with Crippen molar-refractivity contribution >= 4 is 19.7 Å². The van der Waals surface area contributed by atoms with Gasteiger partial charge < -0.3 is 0 Å². The minimum Gasteiger partial charge on any atom is -0.263 e. The van der Waals surface area contributed by atoms with Crippen LogP contribution in [0.2, 0.25) is 0 Å². The molecule has 0 N–H and O–H groups in total. The molecular weight excluding hydrogens is 500 g/mol. The van der Waals surface area contributed by atoms with Crippen LogP contribution in [0.25, 0.3) is 23.0 Å². The zero-order valence-corrected chi connectivity index (χ0v) is 21.8. The fourth-order valence-electron chi connectivity index (χ4n) is 3.70. The lowest BCUT2D eigenvalue weighted by molar-refractivity contribution is 0.578. The Morgan fingerprint density at radius 1 is 0.583 bits per heavy atom. The van der Waals surface area contributed by atoms with E-state index in [2.05, 4.69) is 20.4 Å². The fourth-order valence-corrected chi connectivity index (χ4v) is 6.68. The summed E-state index contributed by atoms with van der Waals surface area (Å²) in [6.07, 6.45) is 2.35. The smallest absolute Gasteiger partial charge is 0.254 e. The standard InChI is InChI=1S/C24H28N6O4S2/c1-3-5-17-35(31,32)23-27-25-21(29(23)19-13-9-7-10-14-19)22-26-28-24(36(33,34)18-6-4-2)30(22)20-15-11-8-12-16-20/h7-16H,3-6,17-18H2,1-2H3. The summed E-state index contributed by atoms with van der Waals surface area (Å²) in [6, 6.07) is 17.6. The highest BCUT2D eigenvalue weighted by Crippen LogP contribution is 2.29. The van der Waals surface area contributed by atoms with Gasteiger partial charge in [-0.2, -0.15) is 0 Å². The fraction of sp³-hybridized carbons (Fsp3) is 0.333. The van der Waals surface area contributed by atoms with E-state index in [9.17, 15) is 16.8 Å². The molecule has 4 aromatic rings. The molecule has 12 heteroatoms. The molecule has 0 unspecified atom stereocenters. The molecule has 190 valence electrons. The average Bonchev–Trinajstić information content (AvgIpc) is 3.53. The number of unbranched alkanes of at least 4 members (excludes halogenated alkanes) is 2. The summed E-state index contributed by atoms with van der Waals surface area (Å²) < 4.78 is 55.6. The van der Waals surface area contributed by atoms with E-state index < -0.39 is 19.7 Å². The monoisotopic (exact) mass is 528 g/mol. The van der Waals surface area contributed by atoms with Crippen LogP contribution in [-0.4, -0.2) is 57.9 Å². The third kappa shape index (κ3) is 5.09. The van der Waals surface area contributed by atoms with E-state index in [-0.39, 0.29) is 33.5 Å². The summed E-state index contributed by atoms with van der Waals surface area (Å²) in [5, 5.41) is 16.0. The van der Waals surface area contributed by atoms with Gasteiger partial charge in [0, 0.05) is 0 Å². The second kappa shape index (κ2) is 10.7. The third-order valence-electron chi connectivity index (χ3n) is 5.59. The van der Waals surface area contributed by atoms with E-state index in [1.165, 1.54) is 9.13 Å². The van der Waals surface area contributed by atoms with Gasteiger partial charge in [-0.1, -0.05) is 63.1 Å². The van der Waals surface area contributed by atoms with Gasteiger partial charge in [0.05, 0.1) is 22.9 Å². The van der Waals surface area contributed by atoms with Gasteiger partial charge in [-0.15, -0.1) is 20.4 Å². The van der Waals surface area contributed by atoms with Gasteiger partial charge >= 0.3 is 0 Å². The second-order valence-electron chi connectivity index (χ2n) is 8.30. The maximum Gasteiger partial charge on any atom is 0.254 e. The number of sulfone groups is 2. The van der Waals surface area contributed by atoms with Crippen molar-refractivity contribution in [3.05, 3.63) is 60.7 Å². The molecule has 4 rings (SSSR count). The SMILES string of the molecule is CCCCS(=O)(=O)c1nnc(-c2nnc(S(=O)(=O)CCCC)n2-c2ccccc2)n1-c1ccccc1. The summed E-state index contributed by atoms with van der Waals surface area (Å²) in [4.78, 5) is 0. The molecule has 0 spiro atoms. The first-order valence-electron chi connectivity index (χ1n) is 11.8. The van der Waals surface area contributed by atoms with E-state index in [0.717, 1.165) is 0 Å². The van der Waals surface area contributed by atoms with Gasteiger partial charge in [0.15, 0.2) is 0 Å². The number of hydrogen-bond donors (Lipinski definition) is 0. The Morgan fingerprint density at radius 3 is 1.28 bits per heavy atom. The molecule has 0 fully saturated rings. The number of benzene rings is 2. The Balaban J connectivity index is 2.00. The lowest BCUT2D eigenvalue weighted by atomic mass is 10.3. The first-order valence-corrected chi connectivity index (χ1v) is 15.1. The van der Waals surface area contributed by atoms with Gasteiger partial charge in [-0.3, -0.25) is 9.13 Å². The molecule has 0 bridgehead atoms. The van der Waals surface area contributed by atoms with Crippen molar-refractivity contribution in [2.24, 2.45) is 0 Å². The van der Waals surface area contributed by atoms with Gasteiger partial charge in [0.25, 0.3) is 10.3 Å². The molecule has 0 aliphatic rings. The van der Waals surface area contributed by atoms with Crippen LogP contribution in [0.3, 0.4) is 0 Å². The lowest BCUT2D eigenvalue weighted by Gasteiger charge is -2.13. The molecule has 0 atom stereocenters. The Hall–Kier alpha value is -3.38. The normalized spacial score (nSPS) is 12.2. The zero-order chi connectivity index (χ0) is 25.8. The first kappa shape index (κ1) is 25.7. The Bertz CT molecular complexity index is 1410. The largest absolute Gasteiger partial charge is 0.263 e. The van der Waals surface area contributed by atoms with Crippen molar-refractivity contribution in [1.29, 1.82) is 0 Å². The lowest BCUT2D eigenvalue weighted by Crippen LogP contribution is -2.16. The Labute approximate surface area is 210 Å². The molecule has 0 amide bonds. The van der Waals surface area contributed by atoms with Gasteiger partial charge in [-0.25, -0.2) is 16.8 Å². The first-order chi connectivity index (χ1) is 17.3. The van der Waals surface area contributed by atoms with Crippen molar-refractivity contribution in [1.82, 2.24) is 29.5 Å². The summed E-state index contributed by atoms with van der Waals surface area (Å²) in [7, 11) is -7.57. The molecule has 0 aliphatic heterocycles. The summed E-state index contributed by atoms with van der Waals surface area (Å²) in [5.74, 6) is -0.0263. The van der Waals surface area contributed by atoms with Crippen LogP contribution in [0.5, 0.6) is 0 Å². The van der Waals surface area contributed by atoms with Crippen LogP contribution in [-0.2, 0) is 19.7 Å². The van der Waals surface area contributed by atoms with E-state index in [0.29, 0.717) is 37.1 Å². The van der Waals surface area contributed by atoms with Gasteiger partial charge in [0.2, 0.25) is 31.3 Å². The maximum atomic E-state index is 13.2. The van der Waals surface area contributed by atoms with Crippen molar-refractivity contribution in [3.8, 4) is 23.0 Å². The molecular formula is C24H28N6O4S2. The topological polar surface area (TPSA) is 130 Å². The molecule has 0 radical (unpaired) electrons. The van der Waals surface area contributed by atoms with Crippen LogP contribution in [0.1, 0.15) is 39.5 Å². The van der Waals surface area contributed by atoms with E-state index in [1.54, 1.807) is 48.5 Å². The van der Waals surface area contributed by atoms with Crippen LogP contribution < -0.4 is 0 Å². The molecule has 2 aromatic carbocycles. The second-order valence-corrected chi connectivity index (χ2v) is 12.3. The number of hydrogen-bond acceptors (Lipinski definition) is 8.